The van der Waals surface area contributed by atoms with E-state index >= 15 is 0 Å². The van der Waals surface area contributed by atoms with Crippen molar-refractivity contribution in [2.75, 3.05) is 19.3 Å². The number of pyridine rings is 1. The van der Waals surface area contributed by atoms with Crippen LogP contribution in [0.15, 0.2) is 48.8 Å². The number of hydrogen-bond acceptors (Lipinski definition) is 4. The van der Waals surface area contributed by atoms with Crippen molar-refractivity contribution < 1.29 is 17.2 Å². The number of aromatic nitrogens is 1. The minimum absolute atomic E-state index is 0.250. The number of sulfonamides is 1. The van der Waals surface area contributed by atoms with Crippen LogP contribution in [0.1, 0.15) is 48.4 Å². The number of nitrogens with zero attached hydrogens (tertiary/aromatic N) is 2. The SMILES string of the molecule is CC(F)(F)[C@@H](NS(C)(=O)=O)c1ccc(CN2CCCC(c3ccncc3)C2)cc1. The van der Waals surface area contributed by atoms with Crippen molar-refractivity contribution in [2.45, 2.75) is 44.2 Å². The number of halogens is 2. The topological polar surface area (TPSA) is 62.3 Å². The number of hydrogen-bond donors (Lipinski definition) is 1. The lowest BCUT2D eigenvalue weighted by atomic mass is 9.91. The molecule has 1 aromatic heterocycles. The zero-order valence-electron chi connectivity index (χ0n) is 16.7. The molecule has 1 saturated heterocycles. The van der Waals surface area contributed by atoms with Crippen LogP contribution in [-0.2, 0) is 16.6 Å². The standard InChI is InChI=1S/C21H27F2N3O2S/c1-21(22,23)20(25-29(2,27)28)18-7-5-16(6-8-18)14-26-13-3-4-19(15-26)17-9-11-24-12-10-17/h5-12,19-20,25H,3-4,13-15H2,1-2H3/t19?,20-/m0/s1. The zero-order chi connectivity index (χ0) is 21.1. The number of nitrogens with one attached hydrogen (secondary N) is 1. The molecule has 0 aliphatic carbocycles. The van der Waals surface area contributed by atoms with Gasteiger partial charge in [-0.05, 0) is 54.1 Å². The van der Waals surface area contributed by atoms with Gasteiger partial charge >= 0.3 is 0 Å². The van der Waals surface area contributed by atoms with E-state index in [9.17, 15) is 17.2 Å². The molecule has 158 valence electrons. The van der Waals surface area contributed by atoms with Crippen LogP contribution in [0, 0.1) is 0 Å². The number of piperidine rings is 1. The first-order chi connectivity index (χ1) is 13.6. The van der Waals surface area contributed by atoms with Crippen LogP contribution in [0.5, 0.6) is 0 Å². The Morgan fingerprint density at radius 3 is 2.45 bits per heavy atom. The highest BCUT2D eigenvalue weighted by atomic mass is 32.2. The lowest BCUT2D eigenvalue weighted by Gasteiger charge is -2.33. The number of rotatable bonds is 7. The van der Waals surface area contributed by atoms with Crippen molar-refractivity contribution in [1.29, 1.82) is 0 Å². The predicted molar refractivity (Wildman–Crippen MR) is 109 cm³/mol. The molecule has 2 heterocycles. The minimum Gasteiger partial charge on any atom is -0.298 e. The molecule has 1 aliphatic heterocycles. The molecule has 0 radical (unpaired) electrons. The smallest absolute Gasteiger partial charge is 0.265 e. The Bertz CT molecular complexity index is 900. The summed E-state index contributed by atoms with van der Waals surface area (Å²) in [5, 5.41) is 0. The monoisotopic (exact) mass is 423 g/mol. The summed E-state index contributed by atoms with van der Waals surface area (Å²) in [6, 6.07) is 9.30. The van der Waals surface area contributed by atoms with E-state index in [1.54, 1.807) is 24.3 Å². The van der Waals surface area contributed by atoms with Crippen LogP contribution in [0.3, 0.4) is 0 Å². The second-order valence-electron chi connectivity index (χ2n) is 7.88. The zero-order valence-corrected chi connectivity index (χ0v) is 17.5. The van der Waals surface area contributed by atoms with E-state index in [1.165, 1.54) is 5.56 Å². The van der Waals surface area contributed by atoms with E-state index in [0.717, 1.165) is 51.2 Å². The Morgan fingerprint density at radius 1 is 1.21 bits per heavy atom. The van der Waals surface area contributed by atoms with E-state index in [2.05, 4.69) is 22.0 Å². The van der Waals surface area contributed by atoms with Gasteiger partial charge in [0.1, 0.15) is 6.04 Å². The maximum absolute atomic E-state index is 13.9. The third-order valence-corrected chi connectivity index (χ3v) is 5.90. The molecule has 0 amide bonds. The molecular formula is C21H27F2N3O2S. The van der Waals surface area contributed by atoms with Crippen LogP contribution in [0.4, 0.5) is 8.78 Å². The second kappa shape index (κ2) is 8.85. The molecule has 0 saturated carbocycles. The third-order valence-electron chi connectivity index (χ3n) is 5.24. The summed E-state index contributed by atoms with van der Waals surface area (Å²) in [5.41, 5.74) is 2.56. The van der Waals surface area contributed by atoms with Gasteiger partial charge in [-0.25, -0.2) is 21.9 Å². The van der Waals surface area contributed by atoms with E-state index in [4.69, 9.17) is 0 Å². The van der Waals surface area contributed by atoms with Gasteiger partial charge in [-0.3, -0.25) is 9.88 Å². The van der Waals surface area contributed by atoms with E-state index < -0.39 is 22.0 Å². The molecular weight excluding hydrogens is 396 g/mol. The maximum atomic E-state index is 13.9. The highest BCUT2D eigenvalue weighted by Crippen LogP contribution is 2.32. The highest BCUT2D eigenvalue weighted by Gasteiger charge is 2.37. The molecule has 29 heavy (non-hydrogen) atoms. The van der Waals surface area contributed by atoms with Gasteiger partial charge in [-0.2, -0.15) is 0 Å². The average molecular weight is 424 g/mol. The summed E-state index contributed by atoms with van der Waals surface area (Å²) in [6.07, 6.45) is 6.77. The first kappa shape index (κ1) is 21.8. The van der Waals surface area contributed by atoms with Crippen molar-refractivity contribution in [2.24, 2.45) is 0 Å². The van der Waals surface area contributed by atoms with Crippen molar-refractivity contribution in [3.63, 3.8) is 0 Å². The molecule has 1 aromatic carbocycles. The van der Waals surface area contributed by atoms with Crippen molar-refractivity contribution in [3.8, 4) is 0 Å². The number of alkyl halides is 2. The van der Waals surface area contributed by atoms with Gasteiger partial charge in [0.05, 0.1) is 6.26 Å². The average Bonchev–Trinajstić information content (AvgIpc) is 2.66. The Balaban J connectivity index is 1.68. The van der Waals surface area contributed by atoms with Gasteiger partial charge in [0, 0.05) is 32.4 Å². The van der Waals surface area contributed by atoms with Gasteiger partial charge in [0.25, 0.3) is 5.92 Å². The fraction of sp³-hybridized carbons (Fsp3) is 0.476. The van der Waals surface area contributed by atoms with Gasteiger partial charge in [-0.1, -0.05) is 24.3 Å². The molecule has 1 N–H and O–H groups in total. The molecule has 1 fully saturated rings. The molecule has 2 aromatic rings. The Labute approximate surface area is 171 Å². The van der Waals surface area contributed by atoms with Crippen molar-refractivity contribution >= 4 is 10.0 Å². The number of benzene rings is 1. The quantitative estimate of drug-likeness (QED) is 0.738. The van der Waals surface area contributed by atoms with Crippen molar-refractivity contribution in [3.05, 3.63) is 65.5 Å². The molecule has 3 rings (SSSR count). The van der Waals surface area contributed by atoms with Gasteiger partial charge in [0.15, 0.2) is 0 Å². The molecule has 1 aliphatic rings. The predicted octanol–water partition coefficient (Wildman–Crippen LogP) is 3.71. The molecule has 8 heteroatoms. The van der Waals surface area contributed by atoms with Crippen LogP contribution in [0.2, 0.25) is 0 Å². The molecule has 2 atom stereocenters. The van der Waals surface area contributed by atoms with Crippen LogP contribution < -0.4 is 4.72 Å². The summed E-state index contributed by atoms with van der Waals surface area (Å²) in [4.78, 5) is 6.44. The van der Waals surface area contributed by atoms with E-state index in [0.29, 0.717) is 5.92 Å². The van der Waals surface area contributed by atoms with Crippen LogP contribution >= 0.6 is 0 Å². The lowest BCUT2D eigenvalue weighted by Crippen LogP contribution is -2.38. The van der Waals surface area contributed by atoms with E-state index in [1.807, 2.05) is 17.1 Å². The maximum Gasteiger partial charge on any atom is 0.265 e. The largest absolute Gasteiger partial charge is 0.298 e. The molecule has 5 nitrogen and oxygen atoms in total. The summed E-state index contributed by atoms with van der Waals surface area (Å²) < 4.78 is 52.9. The first-order valence-electron chi connectivity index (χ1n) is 9.68. The van der Waals surface area contributed by atoms with Gasteiger partial charge in [-0.15, -0.1) is 0 Å². The van der Waals surface area contributed by atoms with Gasteiger partial charge < -0.3 is 0 Å². The summed E-state index contributed by atoms with van der Waals surface area (Å²) in [7, 11) is -3.76. The Hall–Kier alpha value is -1.90. The van der Waals surface area contributed by atoms with Crippen molar-refractivity contribution in [1.82, 2.24) is 14.6 Å². The molecule has 0 bridgehead atoms. The first-order valence-corrected chi connectivity index (χ1v) is 11.6. The lowest BCUT2D eigenvalue weighted by molar-refractivity contribution is -0.0119. The van der Waals surface area contributed by atoms with Crippen LogP contribution in [-0.4, -0.2) is 43.6 Å². The molecule has 0 spiro atoms. The fourth-order valence-electron chi connectivity index (χ4n) is 3.86. The Kier molecular flexibility index (Phi) is 6.65. The minimum atomic E-state index is -3.76. The Morgan fingerprint density at radius 2 is 1.86 bits per heavy atom. The highest BCUT2D eigenvalue weighted by molar-refractivity contribution is 7.88. The third kappa shape index (κ3) is 6.29. The van der Waals surface area contributed by atoms with Gasteiger partial charge in [0.2, 0.25) is 10.0 Å². The second-order valence-corrected chi connectivity index (χ2v) is 9.66. The number of likely N-dealkylation sites (tertiary alicyclic amines) is 1. The normalized spacial score (nSPS) is 19.8. The fourth-order valence-corrected chi connectivity index (χ4v) is 4.63. The summed E-state index contributed by atoms with van der Waals surface area (Å²) >= 11 is 0. The van der Waals surface area contributed by atoms with E-state index in [-0.39, 0.29) is 5.56 Å². The van der Waals surface area contributed by atoms with Crippen LogP contribution in [0.25, 0.3) is 0 Å². The summed E-state index contributed by atoms with van der Waals surface area (Å²) in [5.74, 6) is -2.75. The summed E-state index contributed by atoms with van der Waals surface area (Å²) in [6.45, 7) is 3.39. The molecule has 1 unspecified atom stereocenters.